The molecule has 0 amide bonds. The highest BCUT2D eigenvalue weighted by atomic mass is 15.4. The molecule has 0 aromatic carbocycles. The van der Waals surface area contributed by atoms with Gasteiger partial charge in [0.2, 0.25) is 0 Å². The van der Waals surface area contributed by atoms with Gasteiger partial charge in [0.05, 0.1) is 17.9 Å². The zero-order chi connectivity index (χ0) is 14.9. The van der Waals surface area contributed by atoms with Crippen LogP contribution in [0.25, 0.3) is 5.78 Å². The van der Waals surface area contributed by atoms with Crippen molar-refractivity contribution in [2.24, 2.45) is 0 Å². The second-order valence-electron chi connectivity index (χ2n) is 5.64. The Balaban J connectivity index is 1.77. The molecule has 0 aliphatic heterocycles. The van der Waals surface area contributed by atoms with Crippen LogP contribution in [0.5, 0.6) is 0 Å². The van der Waals surface area contributed by atoms with Crippen LogP contribution < -0.4 is 5.32 Å². The lowest BCUT2D eigenvalue weighted by Gasteiger charge is -2.19. The molecule has 0 unspecified atom stereocenters. The van der Waals surface area contributed by atoms with Crippen LogP contribution in [0.15, 0.2) is 24.4 Å². The SMILES string of the molecule is Cc1nc2nc3c(c(NCc4ccccn4)n2n1)CCCC3. The molecule has 3 aromatic rings. The predicted molar refractivity (Wildman–Crippen MR) is 83.7 cm³/mol. The molecule has 1 aliphatic rings. The number of nitrogens with one attached hydrogen (secondary N) is 1. The Hall–Kier alpha value is -2.50. The van der Waals surface area contributed by atoms with Crippen molar-refractivity contribution in [3.8, 4) is 0 Å². The number of fused-ring (bicyclic) bond motifs is 2. The van der Waals surface area contributed by atoms with E-state index >= 15 is 0 Å². The molecule has 6 nitrogen and oxygen atoms in total. The maximum Gasteiger partial charge on any atom is 0.254 e. The zero-order valence-corrected chi connectivity index (χ0v) is 12.6. The van der Waals surface area contributed by atoms with Gasteiger partial charge in [-0.1, -0.05) is 6.07 Å². The third-order valence-corrected chi connectivity index (χ3v) is 4.03. The van der Waals surface area contributed by atoms with Crippen LogP contribution in [-0.2, 0) is 19.4 Å². The molecule has 0 bridgehead atoms. The van der Waals surface area contributed by atoms with Gasteiger partial charge in [0.1, 0.15) is 11.6 Å². The van der Waals surface area contributed by atoms with E-state index in [1.165, 1.54) is 18.4 Å². The van der Waals surface area contributed by atoms with Crippen molar-refractivity contribution in [2.75, 3.05) is 5.32 Å². The number of hydrogen-bond acceptors (Lipinski definition) is 5. The first-order valence-corrected chi connectivity index (χ1v) is 7.70. The number of aryl methyl sites for hydroxylation is 2. The second-order valence-corrected chi connectivity index (χ2v) is 5.64. The molecular weight excluding hydrogens is 276 g/mol. The maximum absolute atomic E-state index is 4.69. The molecular formula is C16H18N6. The van der Waals surface area contributed by atoms with Crippen LogP contribution >= 0.6 is 0 Å². The van der Waals surface area contributed by atoms with Crippen molar-refractivity contribution < 1.29 is 0 Å². The quantitative estimate of drug-likeness (QED) is 0.803. The maximum atomic E-state index is 4.69. The van der Waals surface area contributed by atoms with Gasteiger partial charge in [-0.15, -0.1) is 5.10 Å². The molecule has 0 saturated carbocycles. The van der Waals surface area contributed by atoms with Gasteiger partial charge in [-0.25, -0.2) is 4.98 Å². The molecule has 0 fully saturated rings. The Labute approximate surface area is 128 Å². The summed E-state index contributed by atoms with van der Waals surface area (Å²) in [6.45, 7) is 2.57. The highest BCUT2D eigenvalue weighted by molar-refractivity contribution is 5.54. The number of hydrogen-bond donors (Lipinski definition) is 1. The molecule has 0 radical (unpaired) electrons. The summed E-state index contributed by atoms with van der Waals surface area (Å²) >= 11 is 0. The summed E-state index contributed by atoms with van der Waals surface area (Å²) < 4.78 is 1.84. The summed E-state index contributed by atoms with van der Waals surface area (Å²) in [5, 5.41) is 8.00. The monoisotopic (exact) mass is 294 g/mol. The van der Waals surface area contributed by atoms with Crippen molar-refractivity contribution >= 4 is 11.6 Å². The minimum atomic E-state index is 0.672. The summed E-state index contributed by atoms with van der Waals surface area (Å²) in [4.78, 5) is 13.5. The van der Waals surface area contributed by atoms with Crippen molar-refractivity contribution in [3.63, 3.8) is 0 Å². The van der Waals surface area contributed by atoms with Crippen LogP contribution in [0, 0.1) is 6.92 Å². The van der Waals surface area contributed by atoms with E-state index in [4.69, 9.17) is 0 Å². The highest BCUT2D eigenvalue weighted by Gasteiger charge is 2.20. The third kappa shape index (κ3) is 2.30. The Bertz CT molecular complexity index is 808. The second kappa shape index (κ2) is 5.36. The molecule has 112 valence electrons. The Kier molecular flexibility index (Phi) is 3.21. The van der Waals surface area contributed by atoms with E-state index in [0.717, 1.165) is 35.9 Å². The average Bonchev–Trinajstić information content (AvgIpc) is 2.92. The Morgan fingerprint density at radius 1 is 1.18 bits per heavy atom. The molecule has 1 N–H and O–H groups in total. The first-order valence-electron chi connectivity index (χ1n) is 7.70. The molecule has 0 atom stereocenters. The van der Waals surface area contributed by atoms with E-state index in [1.54, 1.807) is 0 Å². The summed E-state index contributed by atoms with van der Waals surface area (Å²) in [6.07, 6.45) is 6.28. The molecule has 3 heterocycles. The van der Waals surface area contributed by atoms with E-state index in [9.17, 15) is 0 Å². The fourth-order valence-electron chi connectivity index (χ4n) is 3.00. The van der Waals surface area contributed by atoms with Gasteiger partial charge < -0.3 is 5.32 Å². The number of rotatable bonds is 3. The van der Waals surface area contributed by atoms with E-state index in [-0.39, 0.29) is 0 Å². The van der Waals surface area contributed by atoms with Gasteiger partial charge in [-0.2, -0.15) is 9.50 Å². The van der Waals surface area contributed by atoms with E-state index < -0.39 is 0 Å². The normalized spacial score (nSPS) is 14.0. The van der Waals surface area contributed by atoms with E-state index in [0.29, 0.717) is 12.3 Å². The van der Waals surface area contributed by atoms with Gasteiger partial charge in [-0.05, 0) is 44.7 Å². The lowest BCUT2D eigenvalue weighted by atomic mass is 9.96. The average molecular weight is 294 g/mol. The number of nitrogens with zero attached hydrogens (tertiary/aromatic N) is 5. The molecule has 22 heavy (non-hydrogen) atoms. The molecule has 0 spiro atoms. The van der Waals surface area contributed by atoms with Crippen LogP contribution in [0.4, 0.5) is 5.82 Å². The smallest absolute Gasteiger partial charge is 0.254 e. The van der Waals surface area contributed by atoms with Crippen LogP contribution in [0.2, 0.25) is 0 Å². The van der Waals surface area contributed by atoms with Gasteiger partial charge in [0.25, 0.3) is 5.78 Å². The third-order valence-electron chi connectivity index (χ3n) is 4.03. The van der Waals surface area contributed by atoms with Gasteiger partial charge in [0, 0.05) is 11.8 Å². The predicted octanol–water partition coefficient (Wildman–Crippen LogP) is 2.32. The van der Waals surface area contributed by atoms with E-state index in [1.807, 2.05) is 35.8 Å². The zero-order valence-electron chi connectivity index (χ0n) is 12.6. The van der Waals surface area contributed by atoms with Crippen molar-refractivity contribution in [2.45, 2.75) is 39.2 Å². The summed E-state index contributed by atoms with van der Waals surface area (Å²) in [6, 6.07) is 5.95. The van der Waals surface area contributed by atoms with Gasteiger partial charge in [0.15, 0.2) is 0 Å². The minimum absolute atomic E-state index is 0.672. The largest absolute Gasteiger partial charge is 0.364 e. The first kappa shape index (κ1) is 13.2. The summed E-state index contributed by atoms with van der Waals surface area (Å²) in [5.74, 6) is 2.45. The fraction of sp³-hybridized carbons (Fsp3) is 0.375. The lowest BCUT2D eigenvalue weighted by molar-refractivity contribution is 0.660. The Morgan fingerprint density at radius 3 is 2.95 bits per heavy atom. The Morgan fingerprint density at radius 2 is 2.09 bits per heavy atom. The van der Waals surface area contributed by atoms with Crippen LogP contribution in [0.3, 0.4) is 0 Å². The number of pyridine rings is 1. The van der Waals surface area contributed by atoms with Gasteiger partial charge in [-0.3, -0.25) is 4.98 Å². The topological polar surface area (TPSA) is 68.0 Å². The van der Waals surface area contributed by atoms with Crippen molar-refractivity contribution in [3.05, 3.63) is 47.2 Å². The molecule has 1 aliphatic carbocycles. The number of anilines is 1. The molecule has 0 saturated heterocycles. The number of aromatic nitrogens is 5. The van der Waals surface area contributed by atoms with Crippen molar-refractivity contribution in [1.29, 1.82) is 0 Å². The highest BCUT2D eigenvalue weighted by Crippen LogP contribution is 2.27. The summed E-state index contributed by atoms with van der Waals surface area (Å²) in [5.41, 5.74) is 3.45. The first-order chi connectivity index (χ1) is 10.8. The fourth-order valence-corrected chi connectivity index (χ4v) is 3.00. The van der Waals surface area contributed by atoms with Crippen molar-refractivity contribution in [1.82, 2.24) is 24.6 Å². The van der Waals surface area contributed by atoms with E-state index in [2.05, 4.69) is 25.4 Å². The molecule has 6 heteroatoms. The minimum Gasteiger partial charge on any atom is -0.364 e. The summed E-state index contributed by atoms with van der Waals surface area (Å²) in [7, 11) is 0. The van der Waals surface area contributed by atoms with Gasteiger partial charge >= 0.3 is 0 Å². The lowest BCUT2D eigenvalue weighted by Crippen LogP contribution is -2.15. The van der Waals surface area contributed by atoms with Crippen LogP contribution in [-0.4, -0.2) is 24.6 Å². The molecule has 4 rings (SSSR count). The van der Waals surface area contributed by atoms with Crippen LogP contribution in [0.1, 0.15) is 35.6 Å². The standard InChI is InChI=1S/C16H18N6/c1-11-19-16-20-14-8-3-2-7-13(14)15(22(16)21-11)18-10-12-6-4-5-9-17-12/h4-6,9,18H,2-3,7-8,10H2,1H3. The molecule has 3 aromatic heterocycles.